The first-order valence-corrected chi connectivity index (χ1v) is 6.75. The summed E-state index contributed by atoms with van der Waals surface area (Å²) in [7, 11) is 1.57. The highest BCUT2D eigenvalue weighted by Crippen LogP contribution is 2.18. The summed E-state index contributed by atoms with van der Waals surface area (Å²) in [6.07, 6.45) is -0.253. The molecule has 2 unspecified atom stereocenters. The van der Waals surface area contributed by atoms with Crippen molar-refractivity contribution in [3.8, 4) is 11.5 Å². The molecule has 21 heavy (non-hydrogen) atoms. The van der Waals surface area contributed by atoms with E-state index in [0.717, 1.165) is 0 Å². The molecule has 0 bridgehead atoms. The summed E-state index contributed by atoms with van der Waals surface area (Å²) in [6.45, 7) is 3.41. The highest BCUT2D eigenvalue weighted by Gasteiger charge is 2.17. The fraction of sp³-hybridized carbons (Fsp3) is 0.467. The number of amides is 1. The number of carboxylic acids is 1. The maximum atomic E-state index is 11.9. The Hall–Kier alpha value is -2.24. The molecule has 0 saturated heterocycles. The van der Waals surface area contributed by atoms with Gasteiger partial charge >= 0.3 is 5.97 Å². The number of carbonyl (C=O) groups is 2. The molecule has 2 N–H and O–H groups in total. The second kappa shape index (κ2) is 8.14. The third-order valence-corrected chi connectivity index (χ3v) is 2.92. The van der Waals surface area contributed by atoms with Crippen molar-refractivity contribution in [1.29, 1.82) is 0 Å². The normalized spacial score (nSPS) is 13.1. The lowest BCUT2D eigenvalue weighted by Gasteiger charge is -2.18. The van der Waals surface area contributed by atoms with E-state index in [2.05, 4.69) is 5.32 Å². The summed E-state index contributed by atoms with van der Waals surface area (Å²) in [5.41, 5.74) is 0. The molecule has 2 atom stereocenters. The minimum Gasteiger partial charge on any atom is -0.497 e. The van der Waals surface area contributed by atoms with Gasteiger partial charge in [0.1, 0.15) is 11.5 Å². The molecule has 1 rings (SSSR count). The molecule has 6 heteroatoms. The number of nitrogens with one attached hydrogen (secondary N) is 1. The first kappa shape index (κ1) is 16.8. The lowest BCUT2D eigenvalue weighted by molar-refractivity contribution is -0.137. The highest BCUT2D eigenvalue weighted by molar-refractivity contribution is 5.81. The molecule has 0 aliphatic carbocycles. The molecular formula is C15H21NO5. The molecule has 0 fully saturated rings. The monoisotopic (exact) mass is 295 g/mol. The van der Waals surface area contributed by atoms with E-state index in [1.54, 1.807) is 45.2 Å². The zero-order valence-electron chi connectivity index (χ0n) is 12.5. The number of hydrogen-bond acceptors (Lipinski definition) is 4. The van der Waals surface area contributed by atoms with E-state index in [0.29, 0.717) is 17.9 Å². The largest absolute Gasteiger partial charge is 0.497 e. The first-order chi connectivity index (χ1) is 9.92. The number of methoxy groups -OCH3 is 1. The summed E-state index contributed by atoms with van der Waals surface area (Å²) in [6, 6.07) is 6.72. The third kappa shape index (κ3) is 6.16. The highest BCUT2D eigenvalue weighted by atomic mass is 16.5. The number of carboxylic acid groups (broad SMARTS) is 1. The van der Waals surface area contributed by atoms with Crippen LogP contribution in [-0.2, 0) is 9.59 Å². The molecule has 0 heterocycles. The van der Waals surface area contributed by atoms with Crippen LogP contribution in [0.4, 0.5) is 0 Å². The molecule has 1 aromatic rings. The van der Waals surface area contributed by atoms with Gasteiger partial charge in [-0.15, -0.1) is 0 Å². The Morgan fingerprint density at radius 1 is 1.19 bits per heavy atom. The summed E-state index contributed by atoms with van der Waals surface area (Å²) in [5, 5.41) is 11.3. The van der Waals surface area contributed by atoms with E-state index in [1.165, 1.54) is 0 Å². The lowest BCUT2D eigenvalue weighted by Crippen LogP contribution is -2.41. The van der Waals surface area contributed by atoms with Crippen LogP contribution in [0.5, 0.6) is 11.5 Å². The predicted octanol–water partition coefficient (Wildman–Crippen LogP) is 1.83. The van der Waals surface area contributed by atoms with Gasteiger partial charge in [0.05, 0.1) is 7.11 Å². The van der Waals surface area contributed by atoms with Crippen LogP contribution >= 0.6 is 0 Å². The van der Waals surface area contributed by atoms with E-state index < -0.39 is 12.1 Å². The van der Waals surface area contributed by atoms with Gasteiger partial charge in [0.2, 0.25) is 0 Å². The van der Waals surface area contributed by atoms with Crippen molar-refractivity contribution in [2.24, 2.45) is 0 Å². The minimum absolute atomic E-state index is 0.0230. The zero-order valence-corrected chi connectivity index (χ0v) is 12.5. The average Bonchev–Trinajstić information content (AvgIpc) is 2.45. The number of hydrogen-bond donors (Lipinski definition) is 2. The van der Waals surface area contributed by atoms with Crippen LogP contribution in [0.2, 0.25) is 0 Å². The molecule has 0 saturated carbocycles. The van der Waals surface area contributed by atoms with Gasteiger partial charge in [-0.2, -0.15) is 0 Å². The minimum atomic E-state index is -0.876. The van der Waals surface area contributed by atoms with Crippen LogP contribution in [-0.4, -0.2) is 36.2 Å². The van der Waals surface area contributed by atoms with E-state index >= 15 is 0 Å². The Bertz CT molecular complexity index is 471. The van der Waals surface area contributed by atoms with Crippen molar-refractivity contribution in [3.05, 3.63) is 24.3 Å². The molecule has 1 aromatic carbocycles. The third-order valence-electron chi connectivity index (χ3n) is 2.92. The molecule has 0 aromatic heterocycles. The number of benzene rings is 1. The van der Waals surface area contributed by atoms with Crippen LogP contribution < -0.4 is 14.8 Å². The Balaban J connectivity index is 2.44. The number of carbonyl (C=O) groups excluding carboxylic acids is 1. The smallest absolute Gasteiger partial charge is 0.303 e. The topological polar surface area (TPSA) is 84.9 Å². The van der Waals surface area contributed by atoms with Gasteiger partial charge in [0.15, 0.2) is 6.10 Å². The Kier molecular flexibility index (Phi) is 6.52. The Morgan fingerprint density at radius 2 is 1.76 bits per heavy atom. The average molecular weight is 295 g/mol. The molecule has 6 nitrogen and oxygen atoms in total. The first-order valence-electron chi connectivity index (χ1n) is 6.75. The van der Waals surface area contributed by atoms with Crippen molar-refractivity contribution >= 4 is 11.9 Å². The number of aliphatic carboxylic acids is 1. The SMILES string of the molecule is COc1ccc(OC(C)C(=O)NC(C)CCC(=O)O)cc1. The Labute approximate surface area is 124 Å². The summed E-state index contributed by atoms with van der Waals surface area (Å²) in [4.78, 5) is 22.4. The van der Waals surface area contributed by atoms with Crippen molar-refractivity contribution in [2.45, 2.75) is 38.8 Å². The van der Waals surface area contributed by atoms with Gasteiger partial charge < -0.3 is 19.9 Å². The standard InChI is InChI=1S/C15H21NO5/c1-10(4-9-14(17)18)16-15(19)11(2)21-13-7-5-12(20-3)6-8-13/h5-8,10-11H,4,9H2,1-3H3,(H,16,19)(H,17,18). The van der Waals surface area contributed by atoms with Gasteiger partial charge in [-0.3, -0.25) is 9.59 Å². The van der Waals surface area contributed by atoms with Gasteiger partial charge in [-0.25, -0.2) is 0 Å². The second-order valence-corrected chi connectivity index (χ2v) is 4.78. The molecule has 0 radical (unpaired) electrons. The molecule has 116 valence electrons. The van der Waals surface area contributed by atoms with Crippen molar-refractivity contribution in [1.82, 2.24) is 5.32 Å². The molecular weight excluding hydrogens is 274 g/mol. The van der Waals surface area contributed by atoms with Crippen molar-refractivity contribution in [3.63, 3.8) is 0 Å². The fourth-order valence-electron chi connectivity index (χ4n) is 1.68. The van der Waals surface area contributed by atoms with Crippen molar-refractivity contribution in [2.75, 3.05) is 7.11 Å². The summed E-state index contributed by atoms with van der Waals surface area (Å²) >= 11 is 0. The van der Waals surface area contributed by atoms with Crippen LogP contribution in [0.1, 0.15) is 26.7 Å². The second-order valence-electron chi connectivity index (χ2n) is 4.78. The molecule has 0 aliphatic heterocycles. The van der Waals surface area contributed by atoms with Gasteiger partial charge in [-0.05, 0) is 44.5 Å². The zero-order chi connectivity index (χ0) is 15.8. The van der Waals surface area contributed by atoms with Crippen LogP contribution in [0.3, 0.4) is 0 Å². The van der Waals surface area contributed by atoms with E-state index in [1.807, 2.05) is 0 Å². The van der Waals surface area contributed by atoms with Gasteiger partial charge in [0.25, 0.3) is 5.91 Å². The van der Waals surface area contributed by atoms with Crippen LogP contribution in [0.15, 0.2) is 24.3 Å². The maximum absolute atomic E-state index is 11.9. The summed E-state index contributed by atoms with van der Waals surface area (Å²) < 4.78 is 10.6. The van der Waals surface area contributed by atoms with E-state index in [9.17, 15) is 9.59 Å². The maximum Gasteiger partial charge on any atom is 0.303 e. The van der Waals surface area contributed by atoms with E-state index in [-0.39, 0.29) is 18.4 Å². The van der Waals surface area contributed by atoms with Gasteiger partial charge in [0, 0.05) is 12.5 Å². The fourth-order valence-corrected chi connectivity index (χ4v) is 1.68. The Morgan fingerprint density at radius 3 is 2.29 bits per heavy atom. The van der Waals surface area contributed by atoms with E-state index in [4.69, 9.17) is 14.6 Å². The summed E-state index contributed by atoms with van der Waals surface area (Å²) in [5.74, 6) is 0.126. The predicted molar refractivity (Wildman–Crippen MR) is 77.6 cm³/mol. The number of ether oxygens (including phenoxy) is 2. The molecule has 0 aliphatic rings. The number of rotatable bonds is 8. The van der Waals surface area contributed by atoms with Crippen molar-refractivity contribution < 1.29 is 24.2 Å². The lowest BCUT2D eigenvalue weighted by atomic mass is 10.2. The van der Waals surface area contributed by atoms with Crippen LogP contribution in [0, 0.1) is 0 Å². The van der Waals surface area contributed by atoms with Crippen LogP contribution in [0.25, 0.3) is 0 Å². The molecule has 0 spiro atoms. The quantitative estimate of drug-likeness (QED) is 0.764. The van der Waals surface area contributed by atoms with Gasteiger partial charge in [-0.1, -0.05) is 0 Å². The molecule has 1 amide bonds.